The predicted octanol–water partition coefficient (Wildman–Crippen LogP) is 16.6. The number of ether oxygens (including phenoxy) is 4. The third kappa shape index (κ3) is 20.4. The van der Waals surface area contributed by atoms with E-state index in [1.807, 2.05) is 65.4 Å². The van der Waals surface area contributed by atoms with Crippen LogP contribution in [-0.2, 0) is 44.6 Å². The molecule has 5 rings (SSSR count). The van der Waals surface area contributed by atoms with E-state index in [1.54, 1.807) is 33.7 Å². The second-order valence-electron chi connectivity index (χ2n) is 20.9. The predicted molar refractivity (Wildman–Crippen MR) is 309 cm³/mol. The van der Waals surface area contributed by atoms with Crippen molar-refractivity contribution in [1.82, 2.24) is 29.6 Å². The maximum Gasteiger partial charge on any atom is 0.143 e. The summed E-state index contributed by atoms with van der Waals surface area (Å²) in [6.45, 7) is 21.7. The molecule has 0 bridgehead atoms. The molecule has 0 saturated heterocycles. The largest absolute Gasteiger partial charge is 0.466 e. The molecular weight excluding hydrogens is 1000 g/mol. The summed E-state index contributed by atoms with van der Waals surface area (Å²) in [6, 6.07) is 17.3. The lowest BCUT2D eigenvalue weighted by Gasteiger charge is -2.25. The first-order chi connectivity index (χ1) is 35.2. The zero-order chi connectivity index (χ0) is 53.9. The number of hydrogen-bond donors (Lipinski definition) is 0. The van der Waals surface area contributed by atoms with Gasteiger partial charge in [-0.2, -0.15) is 0 Å². The van der Waals surface area contributed by atoms with Gasteiger partial charge in [0.1, 0.15) is 58.4 Å². The normalized spacial score (nSPS) is 15.3. The van der Waals surface area contributed by atoms with Crippen LogP contribution in [0.2, 0.25) is 10.3 Å². The Bertz CT molecular complexity index is 2460. The van der Waals surface area contributed by atoms with Crippen LogP contribution >= 0.6 is 45.9 Å². The zero-order valence-corrected chi connectivity index (χ0v) is 49.4. The van der Waals surface area contributed by atoms with Gasteiger partial charge in [-0.25, -0.2) is 9.97 Å². The third-order valence-electron chi connectivity index (χ3n) is 11.9. The Hall–Kier alpha value is -5.40. The highest BCUT2D eigenvalue weighted by Crippen LogP contribution is 2.28. The van der Waals surface area contributed by atoms with E-state index >= 15 is 0 Å². The first-order valence-electron chi connectivity index (χ1n) is 25.6. The quantitative estimate of drug-likeness (QED) is 0.108. The van der Waals surface area contributed by atoms with Crippen molar-refractivity contribution < 1.29 is 18.9 Å². The van der Waals surface area contributed by atoms with Gasteiger partial charge in [0.25, 0.3) is 0 Å². The Morgan fingerprint density at radius 1 is 0.419 bits per heavy atom. The molecular formula is C60H80Cl2N6O4S2. The molecule has 4 aromatic rings. The van der Waals surface area contributed by atoms with E-state index < -0.39 is 0 Å². The average molecular weight is 1080 g/mol. The minimum atomic E-state index is 0.364. The molecule has 0 amide bonds. The van der Waals surface area contributed by atoms with Crippen LogP contribution in [0.5, 0.6) is 0 Å². The van der Waals surface area contributed by atoms with Crippen LogP contribution in [0.4, 0.5) is 0 Å². The van der Waals surface area contributed by atoms with Crippen LogP contribution in [0.3, 0.4) is 0 Å². The van der Waals surface area contributed by atoms with Gasteiger partial charge in [0.2, 0.25) is 0 Å². The molecule has 0 fully saturated rings. The van der Waals surface area contributed by atoms with Gasteiger partial charge in [-0.05, 0) is 85.5 Å². The van der Waals surface area contributed by atoms with Gasteiger partial charge in [0.15, 0.2) is 0 Å². The number of rotatable bonds is 16. The number of hydrogen-bond acceptors (Lipinski definition) is 12. The summed E-state index contributed by atoms with van der Waals surface area (Å²) in [4.78, 5) is 19.0. The molecule has 0 radical (unpaired) electrons. The molecule has 0 spiro atoms. The second kappa shape index (κ2) is 29.6. The molecule has 10 nitrogen and oxygen atoms in total. The van der Waals surface area contributed by atoms with Gasteiger partial charge in [-0.3, -0.25) is 0 Å². The lowest BCUT2D eigenvalue weighted by Crippen LogP contribution is -2.17. The topological polar surface area (TPSA) is 75.7 Å². The van der Waals surface area contributed by atoms with E-state index in [4.69, 9.17) is 42.1 Å². The van der Waals surface area contributed by atoms with Crippen LogP contribution in [0, 0.1) is 23.7 Å². The van der Waals surface area contributed by atoms with E-state index in [0.717, 1.165) is 105 Å². The van der Waals surface area contributed by atoms with Crippen molar-refractivity contribution in [3.05, 3.63) is 198 Å². The van der Waals surface area contributed by atoms with Gasteiger partial charge >= 0.3 is 0 Å². The van der Waals surface area contributed by atoms with E-state index in [1.165, 1.54) is 11.1 Å². The zero-order valence-electron chi connectivity index (χ0n) is 46.2. The molecule has 0 unspecified atom stereocenters. The fourth-order valence-electron chi connectivity index (χ4n) is 8.05. The molecule has 3 heterocycles. The highest BCUT2D eigenvalue weighted by Gasteiger charge is 2.16. The molecule has 400 valence electrons. The van der Waals surface area contributed by atoms with Crippen LogP contribution < -0.4 is 0 Å². The molecule has 0 aliphatic carbocycles. The number of benzene rings is 2. The second-order valence-corrected chi connectivity index (χ2v) is 23.5. The van der Waals surface area contributed by atoms with Gasteiger partial charge in [-0.1, -0.05) is 127 Å². The molecule has 0 saturated carbocycles. The van der Waals surface area contributed by atoms with Crippen molar-refractivity contribution in [3.8, 4) is 0 Å². The van der Waals surface area contributed by atoms with Crippen molar-refractivity contribution >= 4 is 45.9 Å². The summed E-state index contributed by atoms with van der Waals surface area (Å²) in [5, 5.41) is 1.13. The molecule has 2 aromatic carbocycles. The third-order valence-corrected chi connectivity index (χ3v) is 14.4. The number of aromatic nitrogens is 2. The summed E-state index contributed by atoms with van der Waals surface area (Å²) in [6.07, 6.45) is 21.4. The first-order valence-corrected chi connectivity index (χ1v) is 28.2. The molecule has 0 atom stereocenters. The SMILES string of the molecule is CC1=CN(C)C(CC(C)C)=COC(Cc2ccc(Cc3scnc3Cl)cc2)=CN(C)C(CC(C)C)=COC(C)=CN(C)C(CC(C)C)=COC(Cc2ccc(Cc3scnc3Cl)cc2)=CN(C)C(CC(C)C)=CO1. The smallest absolute Gasteiger partial charge is 0.143 e. The summed E-state index contributed by atoms with van der Waals surface area (Å²) < 4.78 is 26.5. The lowest BCUT2D eigenvalue weighted by atomic mass is 10.1. The molecule has 74 heavy (non-hydrogen) atoms. The lowest BCUT2D eigenvalue weighted by molar-refractivity contribution is 0.287. The number of halogens is 2. The summed E-state index contributed by atoms with van der Waals surface area (Å²) in [7, 11) is 8.21. The summed E-state index contributed by atoms with van der Waals surface area (Å²) >= 11 is 15.9. The highest BCUT2D eigenvalue weighted by molar-refractivity contribution is 7.10. The number of allylic oxidation sites excluding steroid dienone is 8. The monoisotopic (exact) mass is 1080 g/mol. The Labute approximate surface area is 461 Å². The van der Waals surface area contributed by atoms with Gasteiger partial charge < -0.3 is 38.5 Å². The van der Waals surface area contributed by atoms with E-state index in [-0.39, 0.29) is 0 Å². The van der Waals surface area contributed by atoms with E-state index in [0.29, 0.717) is 46.8 Å². The fourth-order valence-corrected chi connectivity index (χ4v) is 10.0. The van der Waals surface area contributed by atoms with Crippen LogP contribution in [0.25, 0.3) is 0 Å². The van der Waals surface area contributed by atoms with Crippen molar-refractivity contribution in [2.45, 2.75) is 121 Å². The molecule has 0 N–H and O–H groups in total. The maximum absolute atomic E-state index is 6.78. The van der Waals surface area contributed by atoms with Crippen molar-refractivity contribution in [2.24, 2.45) is 23.7 Å². The summed E-state index contributed by atoms with van der Waals surface area (Å²) in [5.41, 5.74) is 12.2. The minimum Gasteiger partial charge on any atom is -0.466 e. The van der Waals surface area contributed by atoms with Gasteiger partial charge in [-0.15, -0.1) is 22.7 Å². The Morgan fingerprint density at radius 3 is 0.959 bits per heavy atom. The van der Waals surface area contributed by atoms with Crippen molar-refractivity contribution in [3.63, 3.8) is 0 Å². The van der Waals surface area contributed by atoms with Crippen LogP contribution in [0.1, 0.15) is 127 Å². The molecule has 14 heteroatoms. The summed E-state index contributed by atoms with van der Waals surface area (Å²) in [5.74, 6) is 4.48. The van der Waals surface area contributed by atoms with Crippen molar-refractivity contribution in [2.75, 3.05) is 28.2 Å². The van der Waals surface area contributed by atoms with Gasteiger partial charge in [0.05, 0.1) is 33.8 Å². The average Bonchev–Trinajstić information content (AvgIpc) is 3.94. The van der Waals surface area contributed by atoms with Crippen molar-refractivity contribution in [1.29, 1.82) is 0 Å². The molecule has 2 aromatic heterocycles. The number of thiazole rings is 2. The Morgan fingerprint density at radius 2 is 0.689 bits per heavy atom. The fraction of sp³-hybridized carbons (Fsp3) is 0.433. The van der Waals surface area contributed by atoms with E-state index in [9.17, 15) is 0 Å². The number of nitrogens with zero attached hydrogens (tertiary/aromatic N) is 6. The Balaban J connectivity index is 1.57. The van der Waals surface area contributed by atoms with Crippen LogP contribution in [-0.4, -0.2) is 57.8 Å². The van der Waals surface area contributed by atoms with Gasteiger partial charge in [0, 0.05) is 88.4 Å². The van der Waals surface area contributed by atoms with E-state index in [2.05, 4.69) is 160 Å². The first kappa shape index (κ1) is 59.5. The Kier molecular flexibility index (Phi) is 23.8. The standard InChI is InChI=1S/C60H80Cl2N6O4S2/c1-41(2)23-51-35-69-45(9)31-65(11)54(26-44(7)8)38-72-56(28-48-17-21-50(22-18-48)30-58-60(62)64-40-74-58)34-68(14)52(24-42(3)4)36-70-46(10)32-66(12)53(25-43(5)6)37-71-55(33-67(51)13)27-47-15-19-49(20-16-47)29-57-59(61)63-39-73-57/h15-22,31-44H,23-30H2,1-14H3. The highest BCUT2D eigenvalue weighted by atomic mass is 35.5. The maximum atomic E-state index is 6.78. The minimum absolute atomic E-state index is 0.364. The van der Waals surface area contributed by atoms with Crippen LogP contribution in [0.15, 0.2) is 155 Å². The molecule has 1 aliphatic rings. The molecule has 1 aliphatic heterocycles.